The molecule has 0 aliphatic rings. The monoisotopic (exact) mass is 438 g/mol. The number of rotatable bonds is 6. The van der Waals surface area contributed by atoms with Gasteiger partial charge in [-0.05, 0) is 42.0 Å². The van der Waals surface area contributed by atoms with Crippen LogP contribution in [0.15, 0.2) is 54.9 Å². The van der Waals surface area contributed by atoms with Crippen molar-refractivity contribution in [1.29, 1.82) is 5.41 Å². The van der Waals surface area contributed by atoms with Crippen LogP contribution < -0.4 is 0 Å². The topological polar surface area (TPSA) is 74.0 Å². The third-order valence-electron chi connectivity index (χ3n) is 4.01. The third kappa shape index (κ3) is 4.39. The number of pyridine rings is 1. The molecule has 0 spiro atoms. The summed E-state index contributed by atoms with van der Waals surface area (Å²) in [6.45, 7) is 0. The number of carbonyl (C=O) groups is 1. The molecular weight excluding hydrogens is 427 g/mol. The van der Waals surface area contributed by atoms with Gasteiger partial charge in [0.15, 0.2) is 5.78 Å². The van der Waals surface area contributed by atoms with Crippen molar-refractivity contribution in [3.63, 3.8) is 0 Å². The SMILES string of the molecule is N=C(c1cc(Cl)sc1Cl)C(C(=O)c1ccc(Cl)cc1)C(O)c1cccnc1. The van der Waals surface area contributed by atoms with E-state index in [2.05, 4.69) is 4.98 Å². The average molecular weight is 440 g/mol. The Morgan fingerprint density at radius 1 is 1.15 bits per heavy atom. The summed E-state index contributed by atoms with van der Waals surface area (Å²) in [5.74, 6) is -1.61. The molecule has 1 aromatic carbocycles. The quantitative estimate of drug-likeness (QED) is 0.382. The Morgan fingerprint density at radius 2 is 1.85 bits per heavy atom. The highest BCUT2D eigenvalue weighted by Gasteiger charge is 2.35. The first kappa shape index (κ1) is 20.0. The van der Waals surface area contributed by atoms with Crippen LogP contribution in [-0.4, -0.2) is 21.6 Å². The number of thiophene rings is 1. The molecule has 2 N–H and O–H groups in total. The lowest BCUT2D eigenvalue weighted by atomic mass is 9.83. The lowest BCUT2D eigenvalue weighted by Gasteiger charge is -2.23. The molecule has 2 aromatic heterocycles. The molecule has 4 nitrogen and oxygen atoms in total. The number of aromatic nitrogens is 1. The highest BCUT2D eigenvalue weighted by atomic mass is 35.5. The lowest BCUT2D eigenvalue weighted by molar-refractivity contribution is 0.0793. The van der Waals surface area contributed by atoms with E-state index in [9.17, 15) is 9.90 Å². The van der Waals surface area contributed by atoms with Gasteiger partial charge in [-0.15, -0.1) is 11.3 Å². The normalized spacial score (nSPS) is 13.2. The number of ketones is 1. The number of benzene rings is 1. The number of carbonyl (C=O) groups excluding carboxylic acids is 1. The molecular formula is C19H13Cl3N2O2S. The Kier molecular flexibility index (Phi) is 6.29. The van der Waals surface area contributed by atoms with Crippen molar-refractivity contribution in [1.82, 2.24) is 4.98 Å². The first-order valence-corrected chi connectivity index (χ1v) is 9.75. The second-order valence-electron chi connectivity index (χ2n) is 5.73. The van der Waals surface area contributed by atoms with E-state index in [1.54, 1.807) is 42.6 Å². The van der Waals surface area contributed by atoms with Gasteiger partial charge in [0.05, 0.1) is 22.1 Å². The number of hydrogen-bond donors (Lipinski definition) is 2. The van der Waals surface area contributed by atoms with E-state index in [-0.39, 0.29) is 10.0 Å². The zero-order valence-corrected chi connectivity index (χ0v) is 16.8. The molecule has 3 aromatic rings. The van der Waals surface area contributed by atoms with E-state index in [1.165, 1.54) is 12.3 Å². The van der Waals surface area contributed by atoms with Crippen LogP contribution in [0.4, 0.5) is 0 Å². The van der Waals surface area contributed by atoms with E-state index < -0.39 is 17.8 Å². The molecule has 0 aliphatic heterocycles. The smallest absolute Gasteiger partial charge is 0.174 e. The van der Waals surface area contributed by atoms with Crippen molar-refractivity contribution in [3.8, 4) is 0 Å². The number of aliphatic hydroxyl groups excluding tert-OH is 1. The minimum Gasteiger partial charge on any atom is -0.387 e. The Hall–Kier alpha value is -1.76. The van der Waals surface area contributed by atoms with Crippen LogP contribution in [0.5, 0.6) is 0 Å². The molecule has 138 valence electrons. The van der Waals surface area contributed by atoms with Crippen molar-refractivity contribution in [2.75, 3.05) is 0 Å². The number of halogens is 3. The Morgan fingerprint density at radius 3 is 2.41 bits per heavy atom. The molecule has 0 aliphatic carbocycles. The summed E-state index contributed by atoms with van der Waals surface area (Å²) in [4.78, 5) is 17.1. The van der Waals surface area contributed by atoms with Crippen molar-refractivity contribution in [2.45, 2.75) is 6.10 Å². The van der Waals surface area contributed by atoms with E-state index >= 15 is 0 Å². The van der Waals surface area contributed by atoms with Crippen LogP contribution >= 0.6 is 46.1 Å². The minimum atomic E-state index is -1.27. The van der Waals surface area contributed by atoms with Crippen LogP contribution in [0.25, 0.3) is 0 Å². The van der Waals surface area contributed by atoms with Gasteiger partial charge >= 0.3 is 0 Å². The predicted molar refractivity (Wildman–Crippen MR) is 110 cm³/mol. The number of aliphatic hydroxyl groups is 1. The van der Waals surface area contributed by atoms with Gasteiger partial charge in [0.1, 0.15) is 4.34 Å². The molecule has 3 rings (SSSR count). The van der Waals surface area contributed by atoms with Crippen LogP contribution in [0.1, 0.15) is 27.6 Å². The Bertz CT molecular complexity index is 974. The maximum atomic E-state index is 13.2. The van der Waals surface area contributed by atoms with Gasteiger partial charge in [0.25, 0.3) is 0 Å². The third-order valence-corrected chi connectivity index (χ3v) is 5.75. The summed E-state index contributed by atoms with van der Waals surface area (Å²) in [7, 11) is 0. The largest absolute Gasteiger partial charge is 0.387 e. The highest BCUT2D eigenvalue weighted by Crippen LogP contribution is 2.36. The number of nitrogens with one attached hydrogen (secondary N) is 1. The van der Waals surface area contributed by atoms with Gasteiger partial charge in [-0.25, -0.2) is 0 Å². The number of Topliss-reactive ketones (excluding diaryl/α,β-unsaturated/α-hetero) is 1. The highest BCUT2D eigenvalue weighted by molar-refractivity contribution is 7.20. The minimum absolute atomic E-state index is 0.112. The predicted octanol–water partition coefficient (Wildman–Crippen LogP) is 5.70. The fraction of sp³-hybridized carbons (Fsp3) is 0.105. The maximum Gasteiger partial charge on any atom is 0.174 e. The Labute approximate surface area is 174 Å². The average Bonchev–Trinajstić information content (AvgIpc) is 3.01. The van der Waals surface area contributed by atoms with Gasteiger partial charge in [-0.1, -0.05) is 40.9 Å². The summed E-state index contributed by atoms with van der Waals surface area (Å²) < 4.78 is 0.686. The molecule has 27 heavy (non-hydrogen) atoms. The number of hydrogen-bond acceptors (Lipinski definition) is 5. The van der Waals surface area contributed by atoms with Gasteiger partial charge in [-0.2, -0.15) is 0 Å². The van der Waals surface area contributed by atoms with Gasteiger partial charge in [-0.3, -0.25) is 9.78 Å². The second-order valence-corrected chi connectivity index (χ2v) is 8.45. The summed E-state index contributed by atoms with van der Waals surface area (Å²) in [6, 6.07) is 11.1. The molecule has 2 heterocycles. The molecule has 2 atom stereocenters. The van der Waals surface area contributed by atoms with Crippen LogP contribution in [0, 0.1) is 11.3 Å². The van der Waals surface area contributed by atoms with Crippen LogP contribution in [0.2, 0.25) is 13.7 Å². The van der Waals surface area contributed by atoms with E-state index in [0.29, 0.717) is 26.0 Å². The van der Waals surface area contributed by atoms with Crippen LogP contribution in [-0.2, 0) is 0 Å². The van der Waals surface area contributed by atoms with Gasteiger partial charge in [0.2, 0.25) is 0 Å². The lowest BCUT2D eigenvalue weighted by Crippen LogP contribution is -2.30. The van der Waals surface area contributed by atoms with Crippen LogP contribution in [0.3, 0.4) is 0 Å². The summed E-state index contributed by atoms with van der Waals surface area (Å²) >= 11 is 19.2. The fourth-order valence-electron chi connectivity index (χ4n) is 2.66. The molecule has 0 amide bonds. The Balaban J connectivity index is 2.05. The van der Waals surface area contributed by atoms with Crippen molar-refractivity contribution < 1.29 is 9.90 Å². The van der Waals surface area contributed by atoms with Gasteiger partial charge in [0, 0.05) is 28.5 Å². The van der Waals surface area contributed by atoms with Crippen molar-refractivity contribution >= 4 is 57.6 Å². The van der Waals surface area contributed by atoms with E-state index in [1.807, 2.05) is 0 Å². The van der Waals surface area contributed by atoms with E-state index in [4.69, 9.17) is 40.2 Å². The molecule has 0 fully saturated rings. The molecule has 0 radical (unpaired) electrons. The maximum absolute atomic E-state index is 13.2. The zero-order chi connectivity index (χ0) is 19.6. The first-order chi connectivity index (χ1) is 12.9. The van der Waals surface area contributed by atoms with E-state index in [0.717, 1.165) is 11.3 Å². The molecule has 0 saturated heterocycles. The zero-order valence-electron chi connectivity index (χ0n) is 13.7. The molecule has 8 heteroatoms. The van der Waals surface area contributed by atoms with Crippen molar-refractivity contribution in [2.24, 2.45) is 5.92 Å². The first-order valence-electron chi connectivity index (χ1n) is 7.80. The summed E-state index contributed by atoms with van der Waals surface area (Å²) in [5, 5.41) is 20.0. The summed E-state index contributed by atoms with van der Waals surface area (Å²) in [5.41, 5.74) is 0.961. The standard InChI is InChI=1S/C19H13Cl3N2O2S/c20-12-5-3-10(4-6-12)17(25)15(18(26)11-2-1-7-24-9-11)16(23)13-8-14(21)27-19(13)22/h1-9,15,18,23,26H. The fourth-order valence-corrected chi connectivity index (χ4v) is 4.28. The molecule has 2 unspecified atom stereocenters. The molecule has 0 saturated carbocycles. The van der Waals surface area contributed by atoms with Gasteiger partial charge < -0.3 is 10.5 Å². The van der Waals surface area contributed by atoms with Crippen molar-refractivity contribution in [3.05, 3.63) is 85.2 Å². The number of nitrogens with zero attached hydrogens (tertiary/aromatic N) is 1. The molecule has 0 bridgehead atoms. The summed E-state index contributed by atoms with van der Waals surface area (Å²) in [6.07, 6.45) is 1.75. The second kappa shape index (κ2) is 8.50.